The second-order valence-electron chi connectivity index (χ2n) is 7.56. The van der Waals surface area contributed by atoms with Crippen molar-refractivity contribution in [2.45, 2.75) is 12.3 Å². The molecule has 0 bridgehead atoms. The number of rotatable bonds is 5. The lowest BCUT2D eigenvalue weighted by Crippen LogP contribution is -2.14. The number of nitrogens with one attached hydrogen (secondary N) is 2. The predicted octanol–water partition coefficient (Wildman–Crippen LogP) is 4.02. The van der Waals surface area contributed by atoms with Crippen molar-refractivity contribution >= 4 is 34.1 Å². The van der Waals surface area contributed by atoms with Gasteiger partial charge in [0.15, 0.2) is 5.82 Å². The Kier molecular flexibility index (Phi) is 4.84. The average molecular weight is 409 g/mol. The van der Waals surface area contributed by atoms with Crippen LogP contribution in [-0.2, 0) is 4.79 Å². The third-order valence-electron chi connectivity index (χ3n) is 5.45. The van der Waals surface area contributed by atoms with Crippen molar-refractivity contribution in [1.29, 1.82) is 0 Å². The van der Waals surface area contributed by atoms with Crippen molar-refractivity contribution in [2.24, 2.45) is 5.92 Å². The Hall–Kier alpha value is -4.13. The fourth-order valence-electron chi connectivity index (χ4n) is 3.69. The molecule has 2 aromatic heterocycles. The topological polar surface area (TPSA) is 96.9 Å². The van der Waals surface area contributed by atoms with Gasteiger partial charge in [-0.1, -0.05) is 18.2 Å². The minimum atomic E-state index is -0.247. The largest absolute Gasteiger partial charge is 0.326 e. The van der Waals surface area contributed by atoms with E-state index >= 15 is 0 Å². The number of carbonyl (C=O) groups is 2. The van der Waals surface area contributed by atoms with Crippen molar-refractivity contribution in [3.05, 3.63) is 90.4 Å². The van der Waals surface area contributed by atoms with Gasteiger partial charge in [0.1, 0.15) is 0 Å². The summed E-state index contributed by atoms with van der Waals surface area (Å²) in [5.74, 6) is 0.279. The molecule has 7 nitrogen and oxygen atoms in total. The van der Waals surface area contributed by atoms with Crippen LogP contribution in [0.5, 0.6) is 0 Å². The molecule has 1 aliphatic carbocycles. The van der Waals surface area contributed by atoms with E-state index in [1.807, 2.05) is 36.4 Å². The second-order valence-corrected chi connectivity index (χ2v) is 7.56. The first-order valence-electron chi connectivity index (χ1n) is 10.0. The van der Waals surface area contributed by atoms with Gasteiger partial charge in [-0.15, -0.1) is 5.10 Å². The molecule has 2 heterocycles. The first-order chi connectivity index (χ1) is 15.2. The molecule has 2 aromatic carbocycles. The Labute approximate surface area is 178 Å². The Balaban J connectivity index is 1.21. The molecule has 4 aromatic rings. The number of hydrogen-bond donors (Lipinski definition) is 2. The summed E-state index contributed by atoms with van der Waals surface area (Å²) < 4.78 is 0. The molecule has 2 N–H and O–H groups in total. The molecule has 1 aliphatic rings. The first-order valence-corrected chi connectivity index (χ1v) is 10.0. The van der Waals surface area contributed by atoms with E-state index in [-0.39, 0.29) is 23.7 Å². The number of hydrogen-bond acceptors (Lipinski definition) is 5. The zero-order valence-electron chi connectivity index (χ0n) is 16.5. The molecule has 1 fully saturated rings. The zero-order valence-corrected chi connectivity index (χ0v) is 16.5. The SMILES string of the molecule is O=C(Nc1cccnn1)c1ccc(C2C[C@H]2C(=O)Nc2ccc3cnccc3c2)cc1. The summed E-state index contributed by atoms with van der Waals surface area (Å²) in [5, 5.41) is 15.4. The fraction of sp³-hybridized carbons (Fsp3) is 0.125. The highest BCUT2D eigenvalue weighted by molar-refractivity contribution is 6.03. The van der Waals surface area contributed by atoms with Gasteiger partial charge in [0.2, 0.25) is 5.91 Å². The van der Waals surface area contributed by atoms with E-state index in [0.717, 1.165) is 28.4 Å². The molecule has 0 spiro atoms. The van der Waals surface area contributed by atoms with Crippen LogP contribution in [0.4, 0.5) is 11.5 Å². The number of benzene rings is 2. The van der Waals surface area contributed by atoms with Crippen LogP contribution in [0.25, 0.3) is 10.8 Å². The van der Waals surface area contributed by atoms with E-state index in [9.17, 15) is 9.59 Å². The van der Waals surface area contributed by atoms with Gasteiger partial charge in [0.25, 0.3) is 5.91 Å². The number of aromatic nitrogens is 3. The molecule has 7 heteroatoms. The standard InChI is InChI=1S/C24H19N5O2/c30-23(28-22-2-1-10-26-29-22)16-5-3-15(4-6-16)20-13-21(20)24(31)27-19-8-7-18-14-25-11-9-17(18)12-19/h1-12,14,20-21H,13H2,(H,27,31)(H,28,29,30)/t20?,21-/m1/s1. The molecule has 0 saturated heterocycles. The Morgan fingerprint density at radius 1 is 0.903 bits per heavy atom. The Morgan fingerprint density at radius 2 is 1.77 bits per heavy atom. The minimum Gasteiger partial charge on any atom is -0.326 e. The molecule has 1 saturated carbocycles. The Bertz CT molecular complexity index is 1260. The van der Waals surface area contributed by atoms with Gasteiger partial charge in [-0.2, -0.15) is 5.10 Å². The number of carbonyl (C=O) groups excluding carboxylic acids is 2. The number of fused-ring (bicyclic) bond motifs is 1. The highest BCUT2D eigenvalue weighted by Crippen LogP contribution is 2.48. The molecular formula is C24H19N5O2. The van der Waals surface area contributed by atoms with E-state index in [1.165, 1.54) is 0 Å². The summed E-state index contributed by atoms with van der Waals surface area (Å²) in [7, 11) is 0. The van der Waals surface area contributed by atoms with Gasteiger partial charge in [-0.05, 0) is 65.8 Å². The van der Waals surface area contributed by atoms with Crippen LogP contribution in [0.3, 0.4) is 0 Å². The van der Waals surface area contributed by atoms with Crippen LogP contribution in [0, 0.1) is 5.92 Å². The molecule has 152 valence electrons. The van der Waals surface area contributed by atoms with Crippen molar-refractivity contribution in [3.8, 4) is 0 Å². The normalized spacial score (nSPS) is 17.2. The van der Waals surface area contributed by atoms with Crippen molar-refractivity contribution < 1.29 is 9.59 Å². The van der Waals surface area contributed by atoms with E-state index in [1.54, 1.807) is 42.9 Å². The summed E-state index contributed by atoms with van der Waals surface area (Å²) in [6.45, 7) is 0. The van der Waals surface area contributed by atoms with Crippen molar-refractivity contribution in [1.82, 2.24) is 15.2 Å². The van der Waals surface area contributed by atoms with Gasteiger partial charge in [0.05, 0.1) is 0 Å². The predicted molar refractivity (Wildman–Crippen MR) is 118 cm³/mol. The maximum atomic E-state index is 12.7. The smallest absolute Gasteiger partial charge is 0.256 e. The van der Waals surface area contributed by atoms with Gasteiger partial charge in [-0.25, -0.2) is 0 Å². The van der Waals surface area contributed by atoms with Crippen LogP contribution in [0.15, 0.2) is 79.3 Å². The van der Waals surface area contributed by atoms with Gasteiger partial charge < -0.3 is 10.6 Å². The van der Waals surface area contributed by atoms with Crippen LogP contribution in [0.2, 0.25) is 0 Å². The number of nitrogens with zero attached hydrogens (tertiary/aromatic N) is 3. The molecule has 1 unspecified atom stereocenters. The van der Waals surface area contributed by atoms with Crippen LogP contribution >= 0.6 is 0 Å². The van der Waals surface area contributed by atoms with E-state index in [4.69, 9.17) is 0 Å². The molecule has 0 radical (unpaired) electrons. The quantitative estimate of drug-likeness (QED) is 0.519. The van der Waals surface area contributed by atoms with Crippen molar-refractivity contribution in [3.63, 3.8) is 0 Å². The summed E-state index contributed by atoms with van der Waals surface area (Å²) in [4.78, 5) is 29.1. The van der Waals surface area contributed by atoms with E-state index in [0.29, 0.717) is 11.4 Å². The van der Waals surface area contributed by atoms with E-state index in [2.05, 4.69) is 25.8 Å². The maximum absolute atomic E-state index is 12.7. The van der Waals surface area contributed by atoms with Gasteiger partial charge >= 0.3 is 0 Å². The van der Waals surface area contributed by atoms with Crippen LogP contribution < -0.4 is 10.6 Å². The monoisotopic (exact) mass is 409 g/mol. The summed E-state index contributed by atoms with van der Waals surface area (Å²) in [6, 6.07) is 18.5. The Morgan fingerprint density at radius 3 is 2.58 bits per heavy atom. The molecule has 5 rings (SSSR count). The maximum Gasteiger partial charge on any atom is 0.256 e. The van der Waals surface area contributed by atoms with Gasteiger partial charge in [-0.3, -0.25) is 14.6 Å². The molecule has 0 aliphatic heterocycles. The van der Waals surface area contributed by atoms with Crippen LogP contribution in [-0.4, -0.2) is 27.0 Å². The molecular weight excluding hydrogens is 390 g/mol. The molecule has 2 amide bonds. The summed E-state index contributed by atoms with van der Waals surface area (Å²) in [5.41, 5.74) is 2.37. The first kappa shape index (κ1) is 18.9. The van der Waals surface area contributed by atoms with Gasteiger partial charge in [0, 0.05) is 41.1 Å². The highest BCUT2D eigenvalue weighted by Gasteiger charge is 2.43. The molecule has 2 atom stereocenters. The number of anilines is 2. The van der Waals surface area contributed by atoms with E-state index < -0.39 is 0 Å². The highest BCUT2D eigenvalue weighted by atomic mass is 16.2. The van der Waals surface area contributed by atoms with Crippen LogP contribution in [0.1, 0.15) is 28.3 Å². The molecule has 31 heavy (non-hydrogen) atoms. The lowest BCUT2D eigenvalue weighted by molar-refractivity contribution is -0.117. The summed E-state index contributed by atoms with van der Waals surface area (Å²) >= 11 is 0. The number of amides is 2. The second kappa shape index (κ2) is 7.95. The lowest BCUT2D eigenvalue weighted by atomic mass is 10.1. The van der Waals surface area contributed by atoms with Crippen molar-refractivity contribution in [2.75, 3.05) is 10.6 Å². The average Bonchev–Trinajstić information content (AvgIpc) is 3.61. The zero-order chi connectivity index (χ0) is 21.2. The lowest BCUT2D eigenvalue weighted by Gasteiger charge is -2.07. The third kappa shape index (κ3) is 4.11. The minimum absolute atomic E-state index is 0.0166. The third-order valence-corrected chi connectivity index (χ3v) is 5.45. The number of pyridine rings is 1. The fourth-order valence-corrected chi connectivity index (χ4v) is 3.69. The summed E-state index contributed by atoms with van der Waals surface area (Å²) in [6.07, 6.45) is 5.88.